The summed E-state index contributed by atoms with van der Waals surface area (Å²) in [6.07, 6.45) is 1.40. The fourth-order valence-corrected chi connectivity index (χ4v) is 1.62. The minimum atomic E-state index is -0.771. The van der Waals surface area contributed by atoms with Crippen LogP contribution < -0.4 is 5.32 Å². The molecule has 0 atom stereocenters. The van der Waals surface area contributed by atoms with Gasteiger partial charge in [0.2, 0.25) is 0 Å². The minimum absolute atomic E-state index is 0.132. The Labute approximate surface area is 75.7 Å². The van der Waals surface area contributed by atoms with Crippen LogP contribution >= 0.6 is 0 Å². The minimum Gasteiger partial charge on any atom is -0.481 e. The van der Waals surface area contributed by atoms with E-state index in [1.807, 2.05) is 0 Å². The van der Waals surface area contributed by atoms with Gasteiger partial charge >= 0.3 is 12.0 Å². The van der Waals surface area contributed by atoms with Crippen LogP contribution in [0.4, 0.5) is 4.79 Å². The van der Waals surface area contributed by atoms with Gasteiger partial charge in [0.05, 0.1) is 5.41 Å². The maximum atomic E-state index is 11.1. The summed E-state index contributed by atoms with van der Waals surface area (Å²) in [4.78, 5) is 23.5. The van der Waals surface area contributed by atoms with Crippen LogP contribution in [0.25, 0.3) is 0 Å². The largest absolute Gasteiger partial charge is 0.481 e. The number of aliphatic carboxylic acids is 1. The highest BCUT2D eigenvalue weighted by Gasteiger charge is 2.52. The molecule has 0 unspecified atom stereocenters. The molecule has 0 aromatic rings. The van der Waals surface area contributed by atoms with Crippen molar-refractivity contribution in [3.05, 3.63) is 0 Å². The number of rotatable bonds is 3. The first-order chi connectivity index (χ1) is 6.14. The van der Waals surface area contributed by atoms with E-state index in [-0.39, 0.29) is 6.03 Å². The van der Waals surface area contributed by atoms with Gasteiger partial charge in [-0.3, -0.25) is 4.79 Å². The highest BCUT2D eigenvalue weighted by molar-refractivity contribution is 5.81. The quantitative estimate of drug-likeness (QED) is 0.642. The standard InChI is InChI=1S/C8H12N2O3/c11-6(12)8(1-2-8)5-10-4-3-9-7(10)13/h1-5H2,(H,9,13)(H,11,12). The van der Waals surface area contributed by atoms with Gasteiger partial charge in [-0.1, -0.05) is 0 Å². The van der Waals surface area contributed by atoms with Gasteiger partial charge < -0.3 is 15.3 Å². The maximum Gasteiger partial charge on any atom is 0.317 e. The Morgan fingerprint density at radius 2 is 2.31 bits per heavy atom. The Balaban J connectivity index is 1.97. The van der Waals surface area contributed by atoms with Crippen LogP contribution in [0.5, 0.6) is 0 Å². The van der Waals surface area contributed by atoms with Crippen LogP contribution in [-0.2, 0) is 4.79 Å². The van der Waals surface area contributed by atoms with Gasteiger partial charge in [0, 0.05) is 19.6 Å². The Morgan fingerprint density at radius 1 is 1.62 bits per heavy atom. The van der Waals surface area contributed by atoms with Crippen molar-refractivity contribution in [1.29, 1.82) is 0 Å². The molecule has 2 N–H and O–H groups in total. The van der Waals surface area contributed by atoms with E-state index in [1.54, 1.807) is 4.90 Å². The van der Waals surface area contributed by atoms with Gasteiger partial charge in [-0.05, 0) is 12.8 Å². The van der Waals surface area contributed by atoms with Gasteiger partial charge in [-0.15, -0.1) is 0 Å². The van der Waals surface area contributed by atoms with Gasteiger partial charge in [0.1, 0.15) is 0 Å². The predicted octanol–water partition coefficient (Wildman–Crippen LogP) is -0.124. The topological polar surface area (TPSA) is 69.6 Å². The van der Waals surface area contributed by atoms with Crippen molar-refractivity contribution < 1.29 is 14.7 Å². The van der Waals surface area contributed by atoms with E-state index < -0.39 is 11.4 Å². The molecule has 2 amide bonds. The van der Waals surface area contributed by atoms with E-state index in [0.29, 0.717) is 32.5 Å². The zero-order valence-electron chi connectivity index (χ0n) is 7.25. The second-order valence-electron chi connectivity index (χ2n) is 3.74. The molecule has 2 fully saturated rings. The normalized spacial score (nSPS) is 24.3. The third-order valence-corrected chi connectivity index (χ3v) is 2.75. The number of nitrogens with one attached hydrogen (secondary N) is 1. The first-order valence-corrected chi connectivity index (χ1v) is 4.40. The fraction of sp³-hybridized carbons (Fsp3) is 0.750. The molecular formula is C8H12N2O3. The molecule has 5 nitrogen and oxygen atoms in total. The number of amides is 2. The average molecular weight is 184 g/mol. The highest BCUT2D eigenvalue weighted by Crippen LogP contribution is 2.46. The summed E-state index contributed by atoms with van der Waals surface area (Å²) in [5.74, 6) is -0.771. The summed E-state index contributed by atoms with van der Waals surface area (Å²) in [5.41, 5.74) is -0.623. The van der Waals surface area contributed by atoms with Crippen molar-refractivity contribution in [3.63, 3.8) is 0 Å². The van der Waals surface area contributed by atoms with Gasteiger partial charge in [0.25, 0.3) is 0 Å². The lowest BCUT2D eigenvalue weighted by atomic mass is 10.1. The van der Waals surface area contributed by atoms with Crippen LogP contribution in [0.1, 0.15) is 12.8 Å². The van der Waals surface area contributed by atoms with Crippen LogP contribution in [0.3, 0.4) is 0 Å². The van der Waals surface area contributed by atoms with Crippen molar-refractivity contribution in [3.8, 4) is 0 Å². The van der Waals surface area contributed by atoms with E-state index in [1.165, 1.54) is 0 Å². The smallest absolute Gasteiger partial charge is 0.317 e. The lowest BCUT2D eigenvalue weighted by Gasteiger charge is -2.18. The van der Waals surface area contributed by atoms with Crippen molar-refractivity contribution in [2.75, 3.05) is 19.6 Å². The molecule has 1 saturated heterocycles. The van der Waals surface area contributed by atoms with Crippen LogP contribution in [0, 0.1) is 5.41 Å². The lowest BCUT2D eigenvalue weighted by molar-refractivity contribution is -0.143. The average Bonchev–Trinajstić information content (AvgIpc) is 2.74. The number of carbonyl (C=O) groups is 2. The first-order valence-electron chi connectivity index (χ1n) is 4.40. The zero-order chi connectivity index (χ0) is 9.47. The molecule has 0 bridgehead atoms. The zero-order valence-corrected chi connectivity index (χ0v) is 7.25. The molecule has 72 valence electrons. The molecule has 1 heterocycles. The number of carboxylic acids is 1. The van der Waals surface area contributed by atoms with E-state index in [9.17, 15) is 9.59 Å². The van der Waals surface area contributed by atoms with Crippen molar-refractivity contribution in [2.45, 2.75) is 12.8 Å². The molecule has 0 spiro atoms. The second-order valence-corrected chi connectivity index (χ2v) is 3.74. The molecule has 5 heteroatoms. The molecule has 0 aromatic heterocycles. The lowest BCUT2D eigenvalue weighted by Crippen LogP contribution is -2.36. The van der Waals surface area contributed by atoms with Crippen molar-refractivity contribution in [1.82, 2.24) is 10.2 Å². The number of hydrogen-bond donors (Lipinski definition) is 2. The van der Waals surface area contributed by atoms with E-state index in [0.717, 1.165) is 0 Å². The molecule has 2 aliphatic rings. The molecular weight excluding hydrogens is 172 g/mol. The maximum absolute atomic E-state index is 11.1. The first kappa shape index (κ1) is 8.34. The summed E-state index contributed by atoms with van der Waals surface area (Å²) in [7, 11) is 0. The molecule has 1 aliphatic carbocycles. The number of carboxylic acid groups (broad SMARTS) is 1. The summed E-state index contributed by atoms with van der Waals surface area (Å²) in [6.45, 7) is 1.64. The molecule has 13 heavy (non-hydrogen) atoms. The third kappa shape index (κ3) is 1.34. The van der Waals surface area contributed by atoms with E-state index >= 15 is 0 Å². The molecule has 1 aliphatic heterocycles. The number of carbonyl (C=O) groups excluding carboxylic acids is 1. The molecule has 0 radical (unpaired) electrons. The van der Waals surface area contributed by atoms with Crippen LogP contribution in [-0.4, -0.2) is 41.6 Å². The summed E-state index contributed by atoms with van der Waals surface area (Å²) in [6, 6.07) is -0.132. The number of hydrogen-bond acceptors (Lipinski definition) is 2. The fourth-order valence-electron chi connectivity index (χ4n) is 1.62. The molecule has 1 saturated carbocycles. The SMILES string of the molecule is O=C1NCCN1CC1(C(=O)O)CC1. The number of urea groups is 1. The summed E-state index contributed by atoms with van der Waals surface area (Å²) >= 11 is 0. The van der Waals surface area contributed by atoms with Crippen molar-refractivity contribution in [2.24, 2.45) is 5.41 Å². The Bertz CT molecular complexity index is 260. The van der Waals surface area contributed by atoms with Gasteiger partial charge in [-0.2, -0.15) is 0 Å². The Morgan fingerprint density at radius 3 is 2.69 bits per heavy atom. The third-order valence-electron chi connectivity index (χ3n) is 2.75. The van der Waals surface area contributed by atoms with Crippen LogP contribution in [0.15, 0.2) is 0 Å². The van der Waals surface area contributed by atoms with Crippen LogP contribution in [0.2, 0.25) is 0 Å². The number of nitrogens with zero attached hydrogens (tertiary/aromatic N) is 1. The Hall–Kier alpha value is -1.26. The van der Waals surface area contributed by atoms with E-state index in [2.05, 4.69) is 5.32 Å². The highest BCUT2D eigenvalue weighted by atomic mass is 16.4. The van der Waals surface area contributed by atoms with Crippen molar-refractivity contribution >= 4 is 12.0 Å². The summed E-state index contributed by atoms with van der Waals surface area (Å²) < 4.78 is 0. The Kier molecular flexibility index (Phi) is 1.68. The predicted molar refractivity (Wildman–Crippen MR) is 44.3 cm³/mol. The second kappa shape index (κ2) is 2.61. The van der Waals surface area contributed by atoms with E-state index in [4.69, 9.17) is 5.11 Å². The molecule has 0 aromatic carbocycles. The summed E-state index contributed by atoms with van der Waals surface area (Å²) in [5, 5.41) is 11.5. The monoisotopic (exact) mass is 184 g/mol. The van der Waals surface area contributed by atoms with Gasteiger partial charge in [-0.25, -0.2) is 4.79 Å². The molecule has 2 rings (SSSR count). The van der Waals surface area contributed by atoms with Gasteiger partial charge in [0.15, 0.2) is 0 Å².